The summed E-state index contributed by atoms with van der Waals surface area (Å²) in [5.74, 6) is 0. The molecule has 0 saturated carbocycles. The molecule has 1 N–H and O–H groups in total. The molecule has 0 amide bonds. The molecule has 0 radical (unpaired) electrons. The van der Waals surface area contributed by atoms with Crippen LogP contribution in [0.1, 0.15) is 0 Å². The van der Waals surface area contributed by atoms with Crippen LogP contribution >= 0.6 is 0 Å². The van der Waals surface area contributed by atoms with Crippen LogP contribution in [0, 0.1) is 0 Å². The Morgan fingerprint density at radius 1 is 0.386 bits per heavy atom. The van der Waals surface area contributed by atoms with E-state index in [0.717, 1.165) is 0 Å². The fraction of sp³-hybridized carbons (Fsp3) is 1.00. The summed E-state index contributed by atoms with van der Waals surface area (Å²) in [5, 5.41) is 10.8. The molecule has 0 bridgehead atoms. The van der Waals surface area contributed by atoms with Gasteiger partial charge < -0.3 is 76.2 Å². The molecular formula is C28H52O16. The summed E-state index contributed by atoms with van der Waals surface area (Å²) in [6.45, 7) is 0.488. The van der Waals surface area contributed by atoms with E-state index in [2.05, 4.69) is 0 Å². The summed E-state index contributed by atoms with van der Waals surface area (Å²) >= 11 is 0. The van der Waals surface area contributed by atoms with Gasteiger partial charge >= 0.3 is 0 Å². The van der Waals surface area contributed by atoms with Crippen molar-refractivity contribution in [3.63, 3.8) is 0 Å². The SMILES string of the molecule is COC[C@H]1O[C@H](O)[C@H](OC)[C@@H](O[C@@H]2O[C@H](COC)[C@@H](OC)[C@H](O[C@@H]3O[C@H](COC)[C@@H](OC)[C@H](OC)[C@H]3OC)[C@H]2OC)[C@@H]1OC. The molecule has 3 rings (SSSR count). The van der Waals surface area contributed by atoms with Gasteiger partial charge in [-0.3, -0.25) is 0 Å². The van der Waals surface area contributed by atoms with Crippen molar-refractivity contribution >= 4 is 0 Å². The van der Waals surface area contributed by atoms with Crippen LogP contribution in [0.3, 0.4) is 0 Å². The predicted molar refractivity (Wildman–Crippen MR) is 149 cm³/mol. The predicted octanol–water partition coefficient (Wildman–Crippen LogP) is -1.03. The van der Waals surface area contributed by atoms with Gasteiger partial charge in [-0.1, -0.05) is 0 Å². The second kappa shape index (κ2) is 18.6. The Balaban J connectivity index is 1.98. The van der Waals surface area contributed by atoms with Gasteiger partial charge in [-0.05, 0) is 0 Å². The van der Waals surface area contributed by atoms with Gasteiger partial charge in [0.1, 0.15) is 73.2 Å². The Bertz CT molecular complexity index is 795. The molecule has 44 heavy (non-hydrogen) atoms. The van der Waals surface area contributed by atoms with Crippen LogP contribution in [-0.4, -0.2) is 188 Å². The second-order valence-corrected chi connectivity index (χ2v) is 10.6. The fourth-order valence-electron chi connectivity index (χ4n) is 6.26. The molecule has 0 unspecified atom stereocenters. The van der Waals surface area contributed by atoms with E-state index in [0.29, 0.717) is 0 Å². The van der Waals surface area contributed by atoms with E-state index in [1.807, 2.05) is 0 Å². The van der Waals surface area contributed by atoms with E-state index in [1.54, 1.807) is 28.4 Å². The first-order valence-electron chi connectivity index (χ1n) is 14.4. The van der Waals surface area contributed by atoms with Crippen LogP contribution in [0.2, 0.25) is 0 Å². The number of aliphatic hydroxyl groups is 1. The van der Waals surface area contributed by atoms with Gasteiger partial charge in [0, 0.05) is 71.1 Å². The molecule has 3 heterocycles. The molecule has 16 nitrogen and oxygen atoms in total. The zero-order valence-corrected chi connectivity index (χ0v) is 27.4. The normalized spacial score (nSPS) is 43.3. The summed E-state index contributed by atoms with van der Waals surface area (Å²) in [5.41, 5.74) is 0. The van der Waals surface area contributed by atoms with Gasteiger partial charge in [0.15, 0.2) is 18.9 Å². The lowest BCUT2D eigenvalue weighted by atomic mass is 9.95. The van der Waals surface area contributed by atoms with E-state index in [4.69, 9.17) is 71.1 Å². The summed E-state index contributed by atoms with van der Waals surface area (Å²) in [6.07, 6.45) is -11.9. The average Bonchev–Trinajstić information content (AvgIpc) is 3.01. The lowest BCUT2D eigenvalue weighted by Gasteiger charge is -2.51. The first kappa shape index (κ1) is 37.8. The van der Waals surface area contributed by atoms with Gasteiger partial charge in [-0.25, -0.2) is 0 Å². The quantitative estimate of drug-likeness (QED) is 0.205. The van der Waals surface area contributed by atoms with Crippen molar-refractivity contribution in [1.82, 2.24) is 0 Å². The molecular weight excluding hydrogens is 592 g/mol. The van der Waals surface area contributed by atoms with Crippen molar-refractivity contribution in [3.8, 4) is 0 Å². The number of hydrogen-bond donors (Lipinski definition) is 1. The maximum atomic E-state index is 10.8. The summed E-state index contributed by atoms with van der Waals surface area (Å²) < 4.78 is 88.4. The minimum Gasteiger partial charge on any atom is -0.382 e. The summed E-state index contributed by atoms with van der Waals surface area (Å²) in [4.78, 5) is 0. The Hall–Kier alpha value is -0.640. The van der Waals surface area contributed by atoms with Crippen LogP contribution in [0.4, 0.5) is 0 Å². The Morgan fingerprint density at radius 2 is 0.705 bits per heavy atom. The molecule has 3 aliphatic rings. The van der Waals surface area contributed by atoms with Gasteiger partial charge in [0.05, 0.1) is 19.8 Å². The maximum Gasteiger partial charge on any atom is 0.187 e. The second-order valence-electron chi connectivity index (χ2n) is 10.6. The number of hydrogen-bond acceptors (Lipinski definition) is 16. The highest BCUT2D eigenvalue weighted by atomic mass is 16.8. The van der Waals surface area contributed by atoms with Crippen molar-refractivity contribution in [3.05, 3.63) is 0 Å². The molecule has 15 atom stereocenters. The molecule has 0 aliphatic carbocycles. The largest absolute Gasteiger partial charge is 0.382 e. The van der Waals surface area contributed by atoms with Gasteiger partial charge in [-0.2, -0.15) is 0 Å². The third kappa shape index (κ3) is 8.25. The minimum absolute atomic E-state index is 0.136. The fourth-order valence-corrected chi connectivity index (χ4v) is 6.26. The zero-order chi connectivity index (χ0) is 32.4. The lowest BCUT2D eigenvalue weighted by molar-refractivity contribution is -0.386. The molecule has 260 valence electrons. The van der Waals surface area contributed by atoms with Crippen LogP contribution in [-0.2, 0) is 71.1 Å². The number of rotatable bonds is 17. The van der Waals surface area contributed by atoms with E-state index in [9.17, 15) is 5.11 Å². The van der Waals surface area contributed by atoms with Crippen molar-refractivity contribution < 1.29 is 76.2 Å². The van der Waals surface area contributed by atoms with E-state index >= 15 is 0 Å². The monoisotopic (exact) mass is 644 g/mol. The first-order valence-corrected chi connectivity index (χ1v) is 14.4. The van der Waals surface area contributed by atoms with Gasteiger partial charge in [0.2, 0.25) is 0 Å². The molecule has 0 aromatic heterocycles. The molecule has 0 aromatic carbocycles. The van der Waals surface area contributed by atoms with Crippen molar-refractivity contribution in [1.29, 1.82) is 0 Å². The Labute approximate surface area is 259 Å². The molecule has 0 spiro atoms. The van der Waals surface area contributed by atoms with Crippen molar-refractivity contribution in [2.45, 2.75) is 92.1 Å². The summed E-state index contributed by atoms with van der Waals surface area (Å²) in [7, 11) is 15.3. The van der Waals surface area contributed by atoms with Crippen molar-refractivity contribution in [2.24, 2.45) is 0 Å². The number of ether oxygens (including phenoxy) is 15. The van der Waals surface area contributed by atoms with Gasteiger partial charge in [-0.15, -0.1) is 0 Å². The average molecular weight is 645 g/mol. The smallest absolute Gasteiger partial charge is 0.187 e. The lowest BCUT2D eigenvalue weighted by Crippen LogP contribution is -2.68. The van der Waals surface area contributed by atoms with E-state index in [1.165, 1.54) is 42.7 Å². The third-order valence-electron chi connectivity index (χ3n) is 8.27. The highest BCUT2D eigenvalue weighted by Crippen LogP contribution is 2.36. The minimum atomic E-state index is -1.33. The number of aliphatic hydroxyl groups excluding tert-OH is 1. The maximum absolute atomic E-state index is 10.8. The summed E-state index contributed by atoms with van der Waals surface area (Å²) in [6, 6.07) is 0. The topological polar surface area (TPSA) is 159 Å². The zero-order valence-electron chi connectivity index (χ0n) is 27.4. The third-order valence-corrected chi connectivity index (χ3v) is 8.27. The Morgan fingerprint density at radius 3 is 1.07 bits per heavy atom. The van der Waals surface area contributed by atoms with Crippen LogP contribution in [0.25, 0.3) is 0 Å². The van der Waals surface area contributed by atoms with E-state index < -0.39 is 92.1 Å². The highest BCUT2D eigenvalue weighted by molar-refractivity contribution is 4.98. The van der Waals surface area contributed by atoms with Crippen LogP contribution < -0.4 is 0 Å². The van der Waals surface area contributed by atoms with Gasteiger partial charge in [0.25, 0.3) is 0 Å². The van der Waals surface area contributed by atoms with Crippen molar-refractivity contribution in [2.75, 3.05) is 90.9 Å². The molecule has 16 heteroatoms. The molecule has 3 fully saturated rings. The van der Waals surface area contributed by atoms with Crippen LogP contribution in [0.15, 0.2) is 0 Å². The van der Waals surface area contributed by atoms with Crippen LogP contribution in [0.5, 0.6) is 0 Å². The molecule has 0 aromatic rings. The highest BCUT2D eigenvalue weighted by Gasteiger charge is 2.56. The standard InChI is InChI=1S/C28H52O16/c1-30-11-14-18(34-5)21(23(37-8)26(29)40-14)43-28-25(39-10)22(19(35-6)16(42-28)13-32-3)44-27-24(38-9)20(36-7)17(33-4)15(41-27)12-31-2/h14-29H,11-13H2,1-10H3/t14-,15-,16-,17-,18-,19-,20+,21+,22+,23-,24-,25-,26+,27+,28+/m1/s1. The Kier molecular flexibility index (Phi) is 16.0. The van der Waals surface area contributed by atoms with E-state index in [-0.39, 0.29) is 19.8 Å². The number of methoxy groups -OCH3 is 10. The molecule has 3 saturated heterocycles. The molecule has 3 aliphatic heterocycles. The first-order chi connectivity index (χ1) is 21.3.